The number of likely N-dealkylation sites (tertiary alicyclic amines) is 1. The first-order valence-corrected chi connectivity index (χ1v) is 11.6. The lowest BCUT2D eigenvalue weighted by atomic mass is 10.0. The van der Waals surface area contributed by atoms with Crippen LogP contribution in [0.25, 0.3) is 0 Å². The molecule has 4 unspecified atom stereocenters. The Labute approximate surface area is 212 Å². The molecule has 0 aromatic heterocycles. The molecule has 1 fully saturated rings. The summed E-state index contributed by atoms with van der Waals surface area (Å²) in [6, 6.07) is 0.790. The lowest BCUT2D eigenvalue weighted by Crippen LogP contribution is -2.57. The Morgan fingerprint density at radius 2 is 1.68 bits per heavy atom. The number of phenolic OH excluding ortho intramolecular Hbond substituents is 1. The van der Waals surface area contributed by atoms with Gasteiger partial charge < -0.3 is 42.3 Å². The van der Waals surface area contributed by atoms with Crippen LogP contribution in [0.5, 0.6) is 5.75 Å². The summed E-state index contributed by atoms with van der Waals surface area (Å²) < 4.78 is 0. The van der Waals surface area contributed by atoms with Gasteiger partial charge in [0.05, 0.1) is 12.5 Å². The number of nitrogens with zero attached hydrogens (tertiary/aromatic N) is 1. The van der Waals surface area contributed by atoms with Gasteiger partial charge in [0.1, 0.15) is 23.9 Å². The van der Waals surface area contributed by atoms with E-state index in [9.17, 15) is 44.1 Å². The van der Waals surface area contributed by atoms with Crippen LogP contribution >= 0.6 is 0 Å². The van der Waals surface area contributed by atoms with Crippen LogP contribution in [0.2, 0.25) is 0 Å². The minimum absolute atomic E-state index is 0.0284. The zero-order chi connectivity index (χ0) is 27.7. The van der Waals surface area contributed by atoms with Crippen molar-refractivity contribution in [2.24, 2.45) is 11.5 Å². The molecule has 0 bridgehead atoms. The van der Waals surface area contributed by atoms with E-state index >= 15 is 0 Å². The summed E-state index contributed by atoms with van der Waals surface area (Å²) >= 11 is 0. The van der Waals surface area contributed by atoms with Crippen molar-refractivity contribution >= 4 is 35.6 Å². The number of aromatic hydroxyl groups is 1. The Kier molecular flexibility index (Phi) is 10.4. The SMILES string of the molecule is NC(=O)CCC(NC(=O)C1CCCN1C(=O)C(CC(=O)O)NC(=O)C(N)Cc1ccc(O)cc1)C(=O)O. The van der Waals surface area contributed by atoms with Gasteiger partial charge in [-0.2, -0.15) is 0 Å². The fourth-order valence-corrected chi connectivity index (χ4v) is 3.95. The molecule has 1 aliphatic rings. The maximum atomic E-state index is 13.2. The first-order chi connectivity index (χ1) is 17.4. The molecule has 1 heterocycles. The summed E-state index contributed by atoms with van der Waals surface area (Å²) in [5.74, 6) is -5.87. The van der Waals surface area contributed by atoms with Crippen LogP contribution in [0.1, 0.15) is 37.7 Å². The molecule has 4 amide bonds. The minimum Gasteiger partial charge on any atom is -0.508 e. The average molecular weight is 522 g/mol. The first-order valence-electron chi connectivity index (χ1n) is 11.6. The molecule has 9 N–H and O–H groups in total. The number of hydrogen-bond donors (Lipinski definition) is 7. The second kappa shape index (κ2) is 13.2. The first kappa shape index (κ1) is 29.0. The smallest absolute Gasteiger partial charge is 0.326 e. The second-order valence-corrected chi connectivity index (χ2v) is 8.73. The highest BCUT2D eigenvalue weighted by atomic mass is 16.4. The van der Waals surface area contributed by atoms with Crippen molar-refractivity contribution in [1.29, 1.82) is 0 Å². The molecule has 0 saturated carbocycles. The predicted octanol–water partition coefficient (Wildman–Crippen LogP) is -1.95. The van der Waals surface area contributed by atoms with Crippen LogP contribution < -0.4 is 22.1 Å². The molecule has 202 valence electrons. The van der Waals surface area contributed by atoms with Crippen LogP contribution in [0, 0.1) is 0 Å². The number of phenols is 1. The van der Waals surface area contributed by atoms with E-state index in [0.29, 0.717) is 12.0 Å². The standard InChI is InChI=1S/C23H31N5O9/c24-14(10-12-3-5-13(29)6-4-12)20(33)27-16(11-19(31)32)22(35)28-9-1-2-17(28)21(34)26-15(23(36)37)7-8-18(25)30/h3-6,14-17,29H,1-2,7-11,24H2,(H2,25,30)(H,26,34)(H,27,33)(H,31,32)(H,36,37). The molecule has 1 saturated heterocycles. The third-order valence-corrected chi connectivity index (χ3v) is 5.85. The monoisotopic (exact) mass is 521 g/mol. The highest BCUT2D eigenvalue weighted by Crippen LogP contribution is 2.20. The molecule has 1 aliphatic heterocycles. The van der Waals surface area contributed by atoms with E-state index in [1.54, 1.807) is 12.1 Å². The minimum atomic E-state index is -1.52. The molecule has 1 aromatic rings. The van der Waals surface area contributed by atoms with E-state index < -0.39 is 66.2 Å². The number of primary amides is 1. The van der Waals surface area contributed by atoms with Gasteiger partial charge in [-0.05, 0) is 43.4 Å². The van der Waals surface area contributed by atoms with E-state index in [-0.39, 0.29) is 38.0 Å². The summed E-state index contributed by atoms with van der Waals surface area (Å²) in [5.41, 5.74) is 11.6. The Morgan fingerprint density at radius 3 is 2.24 bits per heavy atom. The quantitative estimate of drug-likeness (QED) is 0.151. The summed E-state index contributed by atoms with van der Waals surface area (Å²) in [5, 5.41) is 32.6. The van der Waals surface area contributed by atoms with Gasteiger partial charge in [-0.3, -0.25) is 24.0 Å². The van der Waals surface area contributed by atoms with Gasteiger partial charge in [-0.25, -0.2) is 4.79 Å². The molecule has 0 radical (unpaired) electrons. The van der Waals surface area contributed by atoms with Gasteiger partial charge in [0.2, 0.25) is 23.6 Å². The number of benzene rings is 1. The zero-order valence-electron chi connectivity index (χ0n) is 20.0. The molecular formula is C23H31N5O9. The fraction of sp³-hybridized carbons (Fsp3) is 0.478. The highest BCUT2D eigenvalue weighted by molar-refractivity contribution is 5.96. The van der Waals surface area contributed by atoms with E-state index in [0.717, 1.165) is 4.90 Å². The number of amides is 4. The van der Waals surface area contributed by atoms with Crippen LogP contribution in [0.4, 0.5) is 0 Å². The van der Waals surface area contributed by atoms with Gasteiger partial charge in [0.25, 0.3) is 0 Å². The fourth-order valence-electron chi connectivity index (χ4n) is 3.95. The van der Waals surface area contributed by atoms with Crippen molar-refractivity contribution in [3.8, 4) is 5.75 Å². The summed E-state index contributed by atoms with van der Waals surface area (Å²) in [6.07, 6.45) is -0.658. The zero-order valence-corrected chi connectivity index (χ0v) is 20.0. The Morgan fingerprint density at radius 1 is 1.03 bits per heavy atom. The molecule has 14 heteroatoms. The van der Waals surface area contributed by atoms with Crippen molar-refractivity contribution in [3.05, 3.63) is 29.8 Å². The molecule has 37 heavy (non-hydrogen) atoms. The Bertz CT molecular complexity index is 1030. The van der Waals surface area contributed by atoms with E-state index in [4.69, 9.17) is 11.5 Å². The third-order valence-electron chi connectivity index (χ3n) is 5.85. The van der Waals surface area contributed by atoms with Gasteiger partial charge in [0.15, 0.2) is 0 Å². The van der Waals surface area contributed by atoms with Gasteiger partial charge in [0, 0.05) is 13.0 Å². The number of rotatable bonds is 13. The summed E-state index contributed by atoms with van der Waals surface area (Å²) in [4.78, 5) is 73.6. The molecular weight excluding hydrogens is 490 g/mol. The third kappa shape index (κ3) is 8.75. The van der Waals surface area contributed by atoms with Crippen molar-refractivity contribution in [2.45, 2.75) is 62.7 Å². The van der Waals surface area contributed by atoms with Gasteiger partial charge in [-0.1, -0.05) is 12.1 Å². The summed E-state index contributed by atoms with van der Waals surface area (Å²) in [7, 11) is 0. The maximum absolute atomic E-state index is 13.2. The number of carbonyl (C=O) groups excluding carboxylic acids is 4. The predicted molar refractivity (Wildman–Crippen MR) is 127 cm³/mol. The number of aliphatic carboxylic acids is 2. The number of hydrogen-bond acceptors (Lipinski definition) is 8. The maximum Gasteiger partial charge on any atom is 0.326 e. The number of nitrogens with one attached hydrogen (secondary N) is 2. The van der Waals surface area contributed by atoms with E-state index in [1.165, 1.54) is 12.1 Å². The molecule has 14 nitrogen and oxygen atoms in total. The van der Waals surface area contributed by atoms with Crippen molar-refractivity contribution in [3.63, 3.8) is 0 Å². The number of carboxylic acid groups (broad SMARTS) is 2. The van der Waals surface area contributed by atoms with Crippen LogP contribution in [-0.2, 0) is 35.2 Å². The van der Waals surface area contributed by atoms with Crippen LogP contribution in [0.15, 0.2) is 24.3 Å². The lowest BCUT2D eigenvalue weighted by molar-refractivity contribution is -0.147. The van der Waals surface area contributed by atoms with Crippen molar-refractivity contribution in [2.75, 3.05) is 6.54 Å². The Balaban J connectivity index is 2.10. The van der Waals surface area contributed by atoms with E-state index in [2.05, 4.69) is 10.6 Å². The number of carbonyl (C=O) groups is 6. The van der Waals surface area contributed by atoms with Gasteiger partial charge >= 0.3 is 11.9 Å². The second-order valence-electron chi connectivity index (χ2n) is 8.73. The molecule has 4 atom stereocenters. The Hall–Kier alpha value is -4.20. The number of carboxylic acids is 2. The topological polar surface area (TPSA) is 242 Å². The molecule has 1 aromatic carbocycles. The normalized spacial score (nSPS) is 17.3. The summed E-state index contributed by atoms with van der Waals surface area (Å²) in [6.45, 7) is 0.0848. The van der Waals surface area contributed by atoms with Crippen LogP contribution in [-0.4, -0.2) is 86.5 Å². The lowest BCUT2D eigenvalue weighted by Gasteiger charge is -2.29. The van der Waals surface area contributed by atoms with Crippen molar-refractivity contribution < 1.29 is 44.1 Å². The molecule has 0 spiro atoms. The van der Waals surface area contributed by atoms with E-state index in [1.807, 2.05) is 0 Å². The highest BCUT2D eigenvalue weighted by Gasteiger charge is 2.39. The largest absolute Gasteiger partial charge is 0.508 e. The van der Waals surface area contributed by atoms with Crippen molar-refractivity contribution in [1.82, 2.24) is 15.5 Å². The molecule has 0 aliphatic carbocycles. The average Bonchev–Trinajstić information content (AvgIpc) is 3.31. The van der Waals surface area contributed by atoms with Crippen LogP contribution in [0.3, 0.4) is 0 Å². The van der Waals surface area contributed by atoms with Gasteiger partial charge in [-0.15, -0.1) is 0 Å². The number of nitrogens with two attached hydrogens (primary N) is 2. The molecule has 2 rings (SSSR count).